The first kappa shape index (κ1) is 15.6. The number of thiophene rings is 1. The van der Waals surface area contributed by atoms with Crippen molar-refractivity contribution in [2.24, 2.45) is 9.98 Å². The molecule has 0 aliphatic rings. The molecule has 0 bridgehead atoms. The van der Waals surface area contributed by atoms with Gasteiger partial charge >= 0.3 is 0 Å². The molecule has 0 saturated heterocycles. The predicted molar refractivity (Wildman–Crippen MR) is 99.0 cm³/mol. The third-order valence-electron chi connectivity index (χ3n) is 4.67. The molecule has 0 atom stereocenters. The fraction of sp³-hybridized carbons (Fsp3) is 0. The maximum Gasteiger partial charge on any atom is 0.206 e. The highest BCUT2D eigenvalue weighted by atomic mass is 32.1. The van der Waals surface area contributed by atoms with Gasteiger partial charge in [-0.3, -0.25) is 0 Å². The highest BCUT2D eigenvalue weighted by molar-refractivity contribution is 7.26. The second-order valence-corrected chi connectivity index (χ2v) is 7.03. The summed E-state index contributed by atoms with van der Waals surface area (Å²) in [6.45, 7) is 0. The maximum atomic E-state index is 13.8. The third-order valence-corrected chi connectivity index (χ3v) is 5.88. The largest absolute Gasteiger partial charge is 0.207 e. The molecule has 1 heterocycles. The average molecular weight is 372 g/mol. The van der Waals surface area contributed by atoms with Gasteiger partial charge in [-0.15, -0.1) is 11.3 Å². The van der Waals surface area contributed by atoms with Crippen LogP contribution in [0.4, 0.5) is 8.78 Å². The smallest absolute Gasteiger partial charge is 0.206 e. The van der Waals surface area contributed by atoms with Gasteiger partial charge in [-0.2, -0.15) is 20.5 Å². The lowest BCUT2D eigenvalue weighted by atomic mass is 10.1. The first-order chi connectivity index (χ1) is 13.1. The molecule has 0 amide bonds. The molecule has 126 valence electrons. The summed E-state index contributed by atoms with van der Waals surface area (Å²) in [7, 11) is 0. The number of hydrogen-bond donors (Lipinski definition) is 0. The van der Waals surface area contributed by atoms with E-state index >= 15 is 0 Å². The topological polar surface area (TPSA) is 72.3 Å². The van der Waals surface area contributed by atoms with Crippen LogP contribution in [0.5, 0.6) is 0 Å². The van der Waals surface area contributed by atoms with E-state index in [-0.39, 0.29) is 0 Å². The van der Waals surface area contributed by atoms with E-state index < -0.39 is 11.6 Å². The van der Waals surface area contributed by atoms with E-state index in [4.69, 9.17) is 10.5 Å². The summed E-state index contributed by atoms with van der Waals surface area (Å²) in [5.74, 6) is -0.833. The maximum absolute atomic E-state index is 13.8. The van der Waals surface area contributed by atoms with Crippen LogP contribution in [0.25, 0.3) is 41.7 Å². The van der Waals surface area contributed by atoms with Crippen molar-refractivity contribution in [3.8, 4) is 12.4 Å². The highest BCUT2D eigenvalue weighted by Gasteiger charge is 2.21. The summed E-state index contributed by atoms with van der Waals surface area (Å²) >= 11 is 1.32. The van der Waals surface area contributed by atoms with Crippen LogP contribution in [-0.2, 0) is 0 Å². The molecule has 0 radical (unpaired) electrons. The summed E-state index contributed by atoms with van der Waals surface area (Å²) in [5, 5.41) is 23.2. The van der Waals surface area contributed by atoms with Crippen LogP contribution >= 0.6 is 11.3 Å². The monoisotopic (exact) mass is 372 g/mol. The van der Waals surface area contributed by atoms with Crippen molar-refractivity contribution in [2.45, 2.75) is 0 Å². The molecule has 7 heteroatoms. The van der Waals surface area contributed by atoms with E-state index in [2.05, 4.69) is 9.98 Å². The van der Waals surface area contributed by atoms with Gasteiger partial charge in [0.15, 0.2) is 0 Å². The van der Waals surface area contributed by atoms with Gasteiger partial charge in [-0.25, -0.2) is 8.78 Å². The molecule has 1 aromatic heterocycles. The number of fused-ring (bicyclic) bond motifs is 7. The Bertz CT molecular complexity index is 1500. The second kappa shape index (κ2) is 5.41. The van der Waals surface area contributed by atoms with Crippen LogP contribution in [0.1, 0.15) is 0 Å². The summed E-state index contributed by atoms with van der Waals surface area (Å²) in [6, 6.07) is 8.72. The zero-order valence-electron chi connectivity index (χ0n) is 13.4. The molecule has 5 aromatic rings. The fourth-order valence-electron chi connectivity index (χ4n) is 3.71. The zero-order valence-corrected chi connectivity index (χ0v) is 14.2. The van der Waals surface area contributed by atoms with Crippen molar-refractivity contribution >= 4 is 53.1 Å². The predicted octanol–water partition coefficient (Wildman–Crippen LogP) is 4.28. The second-order valence-electron chi connectivity index (χ2n) is 6.01. The molecule has 27 heavy (non-hydrogen) atoms. The number of benzene rings is 2. The number of nitriles is 2. The van der Waals surface area contributed by atoms with Crippen molar-refractivity contribution in [3.63, 3.8) is 0 Å². The lowest BCUT2D eigenvalue weighted by molar-refractivity contribution is 0.629. The Morgan fingerprint density at radius 2 is 1.15 bits per heavy atom. The zero-order chi connectivity index (χ0) is 18.7. The Kier molecular flexibility index (Phi) is 3.12. The Hall–Kier alpha value is -3.68. The van der Waals surface area contributed by atoms with Crippen LogP contribution in [0, 0.1) is 34.5 Å². The molecule has 0 N–H and O–H groups in total. The molecule has 0 spiro atoms. The number of rotatable bonds is 0. The summed E-state index contributed by atoms with van der Waals surface area (Å²) in [4.78, 5) is 7.80. The van der Waals surface area contributed by atoms with Gasteiger partial charge in [0.2, 0.25) is 12.4 Å². The Morgan fingerprint density at radius 3 is 1.56 bits per heavy atom. The minimum Gasteiger partial charge on any atom is -0.207 e. The van der Waals surface area contributed by atoms with Crippen molar-refractivity contribution in [3.05, 3.63) is 58.7 Å². The number of nitrogens with zero attached hydrogens (tertiary/aromatic N) is 4. The molecule has 4 nitrogen and oxygen atoms in total. The van der Waals surface area contributed by atoms with Crippen molar-refractivity contribution in [2.75, 3.05) is 0 Å². The van der Waals surface area contributed by atoms with E-state index in [0.29, 0.717) is 21.5 Å². The van der Waals surface area contributed by atoms with Gasteiger partial charge in [-0.05, 0) is 35.0 Å². The third kappa shape index (κ3) is 1.97. The first-order valence-corrected chi connectivity index (χ1v) is 8.67. The van der Waals surface area contributed by atoms with Gasteiger partial charge in [0.1, 0.15) is 22.3 Å². The average Bonchev–Trinajstić information content (AvgIpc) is 3.24. The van der Waals surface area contributed by atoms with E-state index in [1.165, 1.54) is 35.6 Å². The van der Waals surface area contributed by atoms with Gasteiger partial charge in [0, 0.05) is 21.5 Å². The number of hydrogen-bond acceptors (Lipinski definition) is 5. The van der Waals surface area contributed by atoms with Crippen molar-refractivity contribution in [1.82, 2.24) is 0 Å². The highest BCUT2D eigenvalue weighted by Crippen LogP contribution is 2.41. The lowest BCUT2D eigenvalue weighted by Crippen LogP contribution is -1.98. The van der Waals surface area contributed by atoms with Crippen molar-refractivity contribution < 1.29 is 8.78 Å². The van der Waals surface area contributed by atoms with Crippen LogP contribution in [0.3, 0.4) is 0 Å². The molecule has 0 saturated carbocycles. The van der Waals surface area contributed by atoms with Gasteiger partial charge in [-0.1, -0.05) is 12.1 Å². The summed E-state index contributed by atoms with van der Waals surface area (Å²) in [6.07, 6.45) is 3.56. The minimum absolute atomic E-state index is 0.404. The first-order valence-electron chi connectivity index (χ1n) is 7.85. The van der Waals surface area contributed by atoms with E-state index in [9.17, 15) is 8.78 Å². The molecular formula is C20H6F2N4S. The minimum atomic E-state index is -0.416. The van der Waals surface area contributed by atoms with Crippen LogP contribution in [0.15, 0.2) is 46.4 Å². The Balaban J connectivity index is 2.18. The van der Waals surface area contributed by atoms with Crippen LogP contribution in [-0.4, -0.2) is 0 Å². The van der Waals surface area contributed by atoms with Gasteiger partial charge in [0.05, 0.1) is 9.40 Å². The van der Waals surface area contributed by atoms with E-state index in [0.717, 1.165) is 30.9 Å². The summed E-state index contributed by atoms with van der Waals surface area (Å²) < 4.78 is 29.0. The Morgan fingerprint density at radius 1 is 0.704 bits per heavy atom. The van der Waals surface area contributed by atoms with E-state index in [1.807, 2.05) is 0 Å². The van der Waals surface area contributed by atoms with E-state index in [1.54, 1.807) is 24.5 Å². The van der Waals surface area contributed by atoms with Crippen molar-refractivity contribution in [1.29, 1.82) is 10.5 Å². The summed E-state index contributed by atoms with van der Waals surface area (Å²) in [5.41, 5.74) is 0. The Labute approximate surface area is 153 Å². The van der Waals surface area contributed by atoms with Crippen LogP contribution < -0.4 is 10.7 Å². The molecule has 0 fully saturated rings. The quantitative estimate of drug-likeness (QED) is 0.381. The molecular weight excluding hydrogens is 366 g/mol. The SMILES string of the molecule is N#C/N=c1\c2cc(F)ccc2c2c1sc1/c(=N/C#N)c3cc(F)ccc3c12. The standard InChI is InChI=1S/C20H6F2N4S/c21-9-1-3-11-13(5-9)17(25-7-23)19-15(11)16-12-4-2-10(22)6-14(12)18(26-8-24)20(16)27-19/h1-6H/b25-17+,26-18+. The van der Waals surface area contributed by atoms with Crippen LogP contribution in [0.2, 0.25) is 0 Å². The van der Waals surface area contributed by atoms with Gasteiger partial charge in [0.25, 0.3) is 0 Å². The van der Waals surface area contributed by atoms with Gasteiger partial charge < -0.3 is 0 Å². The molecule has 0 aliphatic heterocycles. The fourth-order valence-corrected chi connectivity index (χ4v) is 5.04. The molecule has 4 aromatic carbocycles. The molecule has 0 aliphatic carbocycles. The number of halogens is 2. The molecule has 5 rings (SSSR count). The lowest BCUT2D eigenvalue weighted by Gasteiger charge is -1.94. The molecule has 0 unspecified atom stereocenters. The normalized spacial score (nSPS) is 13.2.